The van der Waals surface area contributed by atoms with Gasteiger partial charge < -0.3 is 14.6 Å². The number of ether oxygens (including phenoxy) is 1. The second-order valence-corrected chi connectivity index (χ2v) is 7.81. The number of likely N-dealkylation sites (tertiary alicyclic amines) is 1. The van der Waals surface area contributed by atoms with Crippen LogP contribution >= 0.6 is 0 Å². The number of carbonyl (C=O) groups is 2. The van der Waals surface area contributed by atoms with E-state index in [1.165, 1.54) is 6.08 Å². The Kier molecular flexibility index (Phi) is 5.89. The number of imidazole rings is 1. The first-order valence-electron chi connectivity index (χ1n) is 10.5. The summed E-state index contributed by atoms with van der Waals surface area (Å²) in [6, 6.07) is 7.55. The van der Waals surface area contributed by atoms with Gasteiger partial charge in [-0.1, -0.05) is 24.8 Å². The number of aryl methyl sites for hydroxylation is 2. The van der Waals surface area contributed by atoms with E-state index in [0.29, 0.717) is 37.4 Å². The summed E-state index contributed by atoms with van der Waals surface area (Å²) >= 11 is 0. The average molecular weight is 435 g/mol. The van der Waals surface area contributed by atoms with Gasteiger partial charge in [-0.15, -0.1) is 0 Å². The largest absolute Gasteiger partial charge is 0.458 e. The van der Waals surface area contributed by atoms with E-state index in [-0.39, 0.29) is 35.5 Å². The van der Waals surface area contributed by atoms with Crippen LogP contribution in [0.2, 0.25) is 0 Å². The van der Waals surface area contributed by atoms with Crippen molar-refractivity contribution in [2.24, 2.45) is 0 Å². The fourth-order valence-electron chi connectivity index (χ4n) is 4.23. The molecule has 1 amide bonds. The van der Waals surface area contributed by atoms with E-state index in [2.05, 4.69) is 21.5 Å². The Balaban J connectivity index is 1.56. The lowest BCUT2D eigenvalue weighted by atomic mass is 10.0. The van der Waals surface area contributed by atoms with E-state index in [1.807, 2.05) is 24.3 Å². The summed E-state index contributed by atoms with van der Waals surface area (Å²) in [5.41, 5.74) is 2.03. The minimum Gasteiger partial charge on any atom is -0.458 e. The minimum atomic E-state index is -0.647. The number of rotatable bonds is 5. The Hall–Kier alpha value is -3.75. The molecule has 0 aliphatic carbocycles. The number of aromatic nitrogens is 4. The Morgan fingerprint density at radius 3 is 2.66 bits per heavy atom. The van der Waals surface area contributed by atoms with Crippen molar-refractivity contribution in [3.8, 4) is 0 Å². The summed E-state index contributed by atoms with van der Waals surface area (Å²) in [5.74, 6) is -0.578. The van der Waals surface area contributed by atoms with Gasteiger partial charge >= 0.3 is 11.7 Å². The van der Waals surface area contributed by atoms with Gasteiger partial charge in [0.15, 0.2) is 0 Å². The Morgan fingerprint density at radius 1 is 1.22 bits per heavy atom. The molecule has 3 heterocycles. The number of carbonyl (C=O) groups excluding carboxylic acids is 2. The molecule has 32 heavy (non-hydrogen) atoms. The van der Waals surface area contributed by atoms with Crippen molar-refractivity contribution in [1.29, 1.82) is 0 Å². The van der Waals surface area contributed by atoms with Gasteiger partial charge in [0, 0.05) is 19.1 Å². The molecular weight excluding hydrogens is 410 g/mol. The van der Waals surface area contributed by atoms with Crippen molar-refractivity contribution >= 4 is 22.9 Å². The first-order chi connectivity index (χ1) is 15.4. The van der Waals surface area contributed by atoms with E-state index >= 15 is 0 Å². The molecule has 1 saturated heterocycles. The zero-order valence-electron chi connectivity index (χ0n) is 18.1. The highest BCUT2D eigenvalue weighted by atomic mass is 16.5. The Morgan fingerprint density at radius 2 is 1.94 bits per heavy atom. The number of fused-ring (bicyclic) bond motifs is 1. The highest BCUT2D eigenvalue weighted by Crippen LogP contribution is 2.26. The maximum atomic E-state index is 13.3. The molecule has 9 heteroatoms. The smallest absolute Gasteiger partial charge is 0.342 e. The van der Waals surface area contributed by atoms with Gasteiger partial charge in [-0.2, -0.15) is 0 Å². The molecule has 1 N–H and O–H groups in total. The molecule has 4 rings (SSSR count). The molecule has 1 aliphatic rings. The second-order valence-electron chi connectivity index (χ2n) is 7.81. The fraction of sp³-hybridized carbons (Fsp3) is 0.348. The number of esters is 1. The predicted octanol–water partition coefficient (Wildman–Crippen LogP) is 2.56. The Bertz CT molecular complexity index is 1250. The third-order valence-corrected chi connectivity index (χ3v) is 5.68. The van der Waals surface area contributed by atoms with Crippen LogP contribution in [0.4, 0.5) is 0 Å². The van der Waals surface area contributed by atoms with Crippen LogP contribution in [-0.4, -0.2) is 56.0 Å². The first kappa shape index (κ1) is 21.5. The molecular formula is C23H25N5O4. The molecule has 166 valence electrons. The van der Waals surface area contributed by atoms with Crippen LogP contribution < -0.4 is 5.69 Å². The van der Waals surface area contributed by atoms with Gasteiger partial charge in [0.25, 0.3) is 5.91 Å². The molecule has 0 unspecified atom stereocenters. The lowest BCUT2D eigenvalue weighted by molar-refractivity contribution is 0.0534. The van der Waals surface area contributed by atoms with Crippen molar-refractivity contribution in [2.45, 2.75) is 32.7 Å². The summed E-state index contributed by atoms with van der Waals surface area (Å²) in [6.45, 7) is 7.79. The van der Waals surface area contributed by atoms with Gasteiger partial charge in [0.05, 0.1) is 16.7 Å². The molecule has 0 radical (unpaired) electrons. The van der Waals surface area contributed by atoms with Crippen LogP contribution in [0.15, 0.2) is 41.7 Å². The minimum absolute atomic E-state index is 0.0198. The SMILES string of the molecule is C=CCOC(=O)c1c(C)nc(C)nc1C(=O)N1CCC(n2c(=O)[nH]c3ccccc32)CC1. The number of amides is 1. The van der Waals surface area contributed by atoms with Gasteiger partial charge in [-0.3, -0.25) is 9.36 Å². The van der Waals surface area contributed by atoms with Crippen LogP contribution in [0.5, 0.6) is 0 Å². The highest BCUT2D eigenvalue weighted by Gasteiger charge is 2.31. The van der Waals surface area contributed by atoms with E-state index in [1.54, 1.807) is 23.3 Å². The quantitative estimate of drug-likeness (QED) is 0.487. The number of hydrogen-bond donors (Lipinski definition) is 1. The molecule has 1 aromatic carbocycles. The predicted molar refractivity (Wildman–Crippen MR) is 119 cm³/mol. The third kappa shape index (κ3) is 3.93. The summed E-state index contributed by atoms with van der Waals surface area (Å²) in [5, 5.41) is 0. The van der Waals surface area contributed by atoms with Gasteiger partial charge in [0.2, 0.25) is 0 Å². The van der Waals surface area contributed by atoms with E-state index in [0.717, 1.165) is 11.0 Å². The van der Waals surface area contributed by atoms with Gasteiger partial charge in [-0.05, 0) is 38.8 Å². The Labute approximate surface area is 184 Å². The van der Waals surface area contributed by atoms with Gasteiger partial charge in [-0.25, -0.2) is 19.6 Å². The van der Waals surface area contributed by atoms with Crippen LogP contribution in [-0.2, 0) is 4.74 Å². The van der Waals surface area contributed by atoms with Crippen LogP contribution in [0.1, 0.15) is 51.2 Å². The number of para-hydroxylation sites is 2. The zero-order valence-corrected chi connectivity index (χ0v) is 18.1. The summed E-state index contributed by atoms with van der Waals surface area (Å²) in [6.07, 6.45) is 2.70. The molecule has 0 bridgehead atoms. The average Bonchev–Trinajstić information content (AvgIpc) is 3.12. The monoisotopic (exact) mass is 435 g/mol. The second kappa shape index (κ2) is 8.78. The van der Waals surface area contributed by atoms with Crippen molar-refractivity contribution in [1.82, 2.24) is 24.4 Å². The number of hydrogen-bond acceptors (Lipinski definition) is 6. The van der Waals surface area contributed by atoms with E-state index in [9.17, 15) is 14.4 Å². The summed E-state index contributed by atoms with van der Waals surface area (Å²) in [7, 11) is 0. The molecule has 0 spiro atoms. The van der Waals surface area contributed by atoms with Crippen molar-refractivity contribution in [3.05, 3.63) is 70.2 Å². The van der Waals surface area contributed by atoms with E-state index < -0.39 is 5.97 Å². The zero-order chi connectivity index (χ0) is 22.8. The lowest BCUT2D eigenvalue weighted by Gasteiger charge is -2.32. The highest BCUT2D eigenvalue weighted by molar-refractivity contribution is 6.04. The number of nitrogens with zero attached hydrogens (tertiary/aromatic N) is 4. The molecule has 2 aromatic heterocycles. The number of H-pyrrole nitrogens is 1. The third-order valence-electron chi connectivity index (χ3n) is 5.68. The molecule has 0 atom stereocenters. The molecule has 9 nitrogen and oxygen atoms in total. The normalized spacial score (nSPS) is 14.5. The van der Waals surface area contributed by atoms with Crippen LogP contribution in [0.3, 0.4) is 0 Å². The molecule has 1 fully saturated rings. The summed E-state index contributed by atoms with van der Waals surface area (Å²) in [4.78, 5) is 51.4. The summed E-state index contributed by atoms with van der Waals surface area (Å²) < 4.78 is 6.92. The van der Waals surface area contributed by atoms with Crippen LogP contribution in [0.25, 0.3) is 11.0 Å². The standard InChI is InChI=1S/C23H25N5O4/c1-4-13-32-22(30)19-14(2)24-15(3)25-20(19)21(29)27-11-9-16(10-12-27)28-18-8-6-5-7-17(18)26-23(28)31/h4-8,16H,1,9-13H2,2-3H3,(H,26,31). The van der Waals surface area contributed by atoms with Crippen LogP contribution in [0, 0.1) is 13.8 Å². The van der Waals surface area contributed by atoms with Crippen molar-refractivity contribution in [3.63, 3.8) is 0 Å². The maximum Gasteiger partial charge on any atom is 0.342 e. The van der Waals surface area contributed by atoms with Crippen molar-refractivity contribution in [2.75, 3.05) is 19.7 Å². The topological polar surface area (TPSA) is 110 Å². The maximum absolute atomic E-state index is 13.3. The van der Waals surface area contributed by atoms with E-state index in [4.69, 9.17) is 4.74 Å². The van der Waals surface area contributed by atoms with Gasteiger partial charge in [0.1, 0.15) is 23.7 Å². The first-order valence-corrected chi connectivity index (χ1v) is 10.5. The number of aromatic amines is 1. The molecule has 0 saturated carbocycles. The molecule has 1 aliphatic heterocycles. The number of benzene rings is 1. The number of nitrogens with one attached hydrogen (secondary N) is 1. The lowest BCUT2D eigenvalue weighted by Crippen LogP contribution is -2.41. The molecule has 3 aromatic rings. The fourth-order valence-corrected chi connectivity index (χ4v) is 4.23. The van der Waals surface area contributed by atoms with Crippen molar-refractivity contribution < 1.29 is 14.3 Å². The number of piperidine rings is 1.